The molecule has 0 atom stereocenters. The molecule has 0 aliphatic heterocycles. The van der Waals surface area contributed by atoms with E-state index in [0.717, 1.165) is 17.0 Å². The second kappa shape index (κ2) is 4.46. The first-order valence-corrected chi connectivity index (χ1v) is 7.30. The third kappa shape index (κ3) is 2.47. The fourth-order valence-electron chi connectivity index (χ4n) is 1.36. The van der Waals surface area contributed by atoms with E-state index in [9.17, 15) is 8.42 Å². The van der Waals surface area contributed by atoms with Crippen LogP contribution in [0.5, 0.6) is 0 Å². The summed E-state index contributed by atoms with van der Waals surface area (Å²) in [5.74, 6) is 0. The average Bonchev–Trinajstić information content (AvgIpc) is 2.86. The molecule has 0 spiro atoms. The molecule has 0 amide bonds. The number of hydrogen-bond donors (Lipinski definition) is 2. The van der Waals surface area contributed by atoms with Crippen molar-refractivity contribution in [2.45, 2.75) is 25.3 Å². The van der Waals surface area contributed by atoms with Gasteiger partial charge in [-0.1, -0.05) is 6.92 Å². The summed E-state index contributed by atoms with van der Waals surface area (Å²) < 4.78 is 26.1. The number of aryl methyl sites for hydroxylation is 2. The van der Waals surface area contributed by atoms with Crippen LogP contribution in [-0.2, 0) is 16.4 Å². The van der Waals surface area contributed by atoms with Gasteiger partial charge in [-0.3, -0.25) is 4.72 Å². The third-order valence-corrected chi connectivity index (χ3v) is 4.53. The predicted molar refractivity (Wildman–Crippen MR) is 65.6 cm³/mol. The van der Waals surface area contributed by atoms with Crippen molar-refractivity contribution in [1.29, 1.82) is 0 Å². The summed E-state index contributed by atoms with van der Waals surface area (Å²) >= 11 is 1.33. The Bertz CT molecular complexity index is 601. The SMILES string of the molecule is CCc1nc(NS(=O)(=O)c2cnc[nH]2)sc1C. The lowest BCUT2D eigenvalue weighted by Crippen LogP contribution is -2.13. The zero-order valence-electron chi connectivity index (χ0n) is 9.39. The van der Waals surface area contributed by atoms with Crippen LogP contribution in [0.2, 0.25) is 0 Å². The van der Waals surface area contributed by atoms with Gasteiger partial charge in [0.15, 0.2) is 10.2 Å². The lowest BCUT2D eigenvalue weighted by atomic mass is 10.3. The Hall–Kier alpha value is -1.41. The number of hydrogen-bond acceptors (Lipinski definition) is 5. The van der Waals surface area contributed by atoms with E-state index in [2.05, 4.69) is 19.7 Å². The molecule has 0 saturated heterocycles. The smallest absolute Gasteiger partial charge is 0.280 e. The van der Waals surface area contributed by atoms with E-state index < -0.39 is 10.0 Å². The number of imidazole rings is 1. The largest absolute Gasteiger partial charge is 0.334 e. The van der Waals surface area contributed by atoms with E-state index >= 15 is 0 Å². The van der Waals surface area contributed by atoms with Crippen LogP contribution in [0.1, 0.15) is 17.5 Å². The van der Waals surface area contributed by atoms with Gasteiger partial charge in [-0.05, 0) is 13.3 Å². The summed E-state index contributed by atoms with van der Waals surface area (Å²) in [6.45, 7) is 3.90. The molecule has 92 valence electrons. The van der Waals surface area contributed by atoms with Crippen LogP contribution in [0.15, 0.2) is 17.6 Å². The maximum atomic E-state index is 11.9. The van der Waals surface area contributed by atoms with Gasteiger partial charge in [-0.2, -0.15) is 8.42 Å². The lowest BCUT2D eigenvalue weighted by molar-refractivity contribution is 0.598. The van der Waals surface area contributed by atoms with Crippen LogP contribution in [0.25, 0.3) is 0 Å². The standard InChI is InChI=1S/C9H12N4O2S2/c1-3-7-6(2)16-9(12-7)13-17(14,15)8-4-10-5-11-8/h4-5H,3H2,1-2H3,(H,10,11)(H,12,13). The molecule has 0 fully saturated rings. The van der Waals surface area contributed by atoms with Gasteiger partial charge in [0.2, 0.25) is 0 Å². The van der Waals surface area contributed by atoms with Gasteiger partial charge in [0.25, 0.3) is 10.0 Å². The van der Waals surface area contributed by atoms with Crippen molar-refractivity contribution in [2.75, 3.05) is 4.72 Å². The zero-order chi connectivity index (χ0) is 12.5. The second-order valence-corrected chi connectivity index (χ2v) is 6.25. The summed E-state index contributed by atoms with van der Waals surface area (Å²) in [4.78, 5) is 11.5. The topological polar surface area (TPSA) is 87.7 Å². The number of rotatable bonds is 4. The molecule has 6 nitrogen and oxygen atoms in total. The molecule has 2 N–H and O–H groups in total. The van der Waals surface area contributed by atoms with E-state index in [1.165, 1.54) is 23.9 Å². The Morgan fingerprint density at radius 3 is 2.82 bits per heavy atom. The van der Waals surface area contributed by atoms with Crippen LogP contribution in [0, 0.1) is 6.92 Å². The van der Waals surface area contributed by atoms with Crippen LogP contribution < -0.4 is 4.72 Å². The normalized spacial score (nSPS) is 11.6. The van der Waals surface area contributed by atoms with Crippen molar-refractivity contribution >= 4 is 26.5 Å². The number of aromatic nitrogens is 3. The Morgan fingerprint density at radius 1 is 1.53 bits per heavy atom. The van der Waals surface area contributed by atoms with Crippen LogP contribution >= 0.6 is 11.3 Å². The fraction of sp³-hybridized carbons (Fsp3) is 0.333. The number of nitrogens with one attached hydrogen (secondary N) is 2. The van der Waals surface area contributed by atoms with Crippen molar-refractivity contribution in [2.24, 2.45) is 0 Å². The third-order valence-electron chi connectivity index (χ3n) is 2.21. The summed E-state index contributed by atoms with van der Waals surface area (Å²) in [6, 6.07) is 0. The van der Waals surface area contributed by atoms with E-state index in [4.69, 9.17) is 0 Å². The van der Waals surface area contributed by atoms with Crippen LogP contribution in [-0.4, -0.2) is 23.4 Å². The van der Waals surface area contributed by atoms with Crippen molar-refractivity contribution < 1.29 is 8.42 Å². The fourth-order valence-corrected chi connectivity index (χ4v) is 3.40. The highest BCUT2D eigenvalue weighted by atomic mass is 32.2. The minimum atomic E-state index is -3.60. The van der Waals surface area contributed by atoms with E-state index in [1.54, 1.807) is 0 Å². The maximum Gasteiger partial charge on any atom is 0.280 e. The van der Waals surface area contributed by atoms with Gasteiger partial charge >= 0.3 is 0 Å². The molecule has 2 heterocycles. The number of aromatic amines is 1. The van der Waals surface area contributed by atoms with Crippen LogP contribution in [0.4, 0.5) is 5.13 Å². The first-order chi connectivity index (χ1) is 8.03. The Morgan fingerprint density at radius 2 is 2.29 bits per heavy atom. The molecule has 0 saturated carbocycles. The maximum absolute atomic E-state index is 11.9. The van der Waals surface area contributed by atoms with Gasteiger partial charge in [-0.15, -0.1) is 11.3 Å². The Labute approximate surface area is 103 Å². The molecule has 0 unspecified atom stereocenters. The first-order valence-electron chi connectivity index (χ1n) is 5.00. The van der Waals surface area contributed by atoms with Crippen molar-refractivity contribution in [3.8, 4) is 0 Å². The van der Waals surface area contributed by atoms with E-state index in [1.807, 2.05) is 13.8 Å². The summed E-state index contributed by atoms with van der Waals surface area (Å²) in [5, 5.41) is 0.414. The Balaban J connectivity index is 2.26. The number of H-pyrrole nitrogens is 1. The van der Waals surface area contributed by atoms with Gasteiger partial charge in [0, 0.05) is 4.88 Å². The van der Waals surface area contributed by atoms with E-state index in [-0.39, 0.29) is 5.03 Å². The number of sulfonamides is 1. The molecule has 2 rings (SSSR count). The summed E-state index contributed by atoms with van der Waals surface area (Å²) in [7, 11) is -3.60. The van der Waals surface area contributed by atoms with Crippen LogP contribution in [0.3, 0.4) is 0 Å². The molecule has 0 aromatic carbocycles. The molecular weight excluding hydrogens is 260 g/mol. The minimum absolute atomic E-state index is 0.0309. The van der Waals surface area contributed by atoms with Crippen molar-refractivity contribution in [3.05, 3.63) is 23.1 Å². The van der Waals surface area contributed by atoms with Crippen molar-refractivity contribution in [1.82, 2.24) is 15.0 Å². The molecule has 8 heteroatoms. The molecule has 0 radical (unpaired) electrons. The predicted octanol–water partition coefficient (Wildman–Crippen LogP) is 1.54. The van der Waals surface area contributed by atoms with Gasteiger partial charge in [-0.25, -0.2) is 9.97 Å². The molecular formula is C9H12N4O2S2. The first kappa shape index (κ1) is 12.1. The van der Waals surface area contributed by atoms with Gasteiger partial charge in [0.1, 0.15) is 0 Å². The Kier molecular flexibility index (Phi) is 3.16. The highest BCUT2D eigenvalue weighted by Crippen LogP contribution is 2.24. The molecule has 0 aliphatic rings. The number of thiazole rings is 1. The summed E-state index contributed by atoms with van der Waals surface area (Å²) in [6.07, 6.45) is 3.36. The van der Waals surface area contributed by atoms with Crippen molar-refractivity contribution in [3.63, 3.8) is 0 Å². The highest BCUT2D eigenvalue weighted by molar-refractivity contribution is 7.92. The minimum Gasteiger partial charge on any atom is -0.334 e. The number of anilines is 1. The monoisotopic (exact) mass is 272 g/mol. The van der Waals surface area contributed by atoms with Gasteiger partial charge < -0.3 is 4.98 Å². The average molecular weight is 272 g/mol. The lowest BCUT2D eigenvalue weighted by Gasteiger charge is -2.01. The number of nitrogens with zero attached hydrogens (tertiary/aromatic N) is 2. The summed E-state index contributed by atoms with van der Waals surface area (Å²) in [5.41, 5.74) is 0.914. The molecule has 2 aromatic heterocycles. The molecule has 17 heavy (non-hydrogen) atoms. The molecule has 2 aromatic rings. The highest BCUT2D eigenvalue weighted by Gasteiger charge is 2.18. The molecule has 0 aliphatic carbocycles. The van der Waals surface area contributed by atoms with Gasteiger partial charge in [0.05, 0.1) is 18.2 Å². The molecule has 0 bridgehead atoms. The quantitative estimate of drug-likeness (QED) is 0.883. The van der Waals surface area contributed by atoms with E-state index in [0.29, 0.717) is 5.13 Å². The second-order valence-electron chi connectivity index (χ2n) is 3.40. The zero-order valence-corrected chi connectivity index (χ0v) is 11.0.